The number of ketones is 1. The molecule has 4 nitrogen and oxygen atoms in total. The Morgan fingerprint density at radius 2 is 1.34 bits per heavy atom. The van der Waals surface area contributed by atoms with Gasteiger partial charge in [-0.05, 0) is 36.8 Å². The van der Waals surface area contributed by atoms with Crippen LogP contribution in [0.25, 0.3) is 11.0 Å². The molecular weight excluding hydrogens is 581 g/mol. The third kappa shape index (κ3) is 9.88. The second-order valence-electron chi connectivity index (χ2n) is 10.2. The first-order valence-corrected chi connectivity index (χ1v) is 15.0. The summed E-state index contributed by atoms with van der Waals surface area (Å²) in [5, 5.41) is 0.820. The summed E-state index contributed by atoms with van der Waals surface area (Å²) < 4.78 is 4.06. The predicted molar refractivity (Wildman–Crippen MR) is 158 cm³/mol. The molecule has 0 atom stereocenters. The molecule has 210 valence electrons. The van der Waals surface area contributed by atoms with Gasteiger partial charge in [-0.15, -0.1) is 0 Å². The van der Waals surface area contributed by atoms with Crippen molar-refractivity contribution in [1.82, 2.24) is 4.57 Å². The van der Waals surface area contributed by atoms with Gasteiger partial charge in [-0.2, -0.15) is 0 Å². The zero-order valence-corrected chi connectivity index (χ0v) is 26.0. The van der Waals surface area contributed by atoms with Crippen molar-refractivity contribution in [2.45, 2.75) is 110 Å². The number of anilines is 1. The van der Waals surface area contributed by atoms with Crippen LogP contribution in [0.2, 0.25) is 10.0 Å². The van der Waals surface area contributed by atoms with Crippen LogP contribution in [-0.2, 0) is 13.1 Å². The third-order valence-corrected chi connectivity index (χ3v) is 8.03. The fourth-order valence-electron chi connectivity index (χ4n) is 5.08. The summed E-state index contributed by atoms with van der Waals surface area (Å²) in [6, 6.07) is 13.1. The van der Waals surface area contributed by atoms with Crippen molar-refractivity contribution in [2.24, 2.45) is 0 Å². The molecule has 2 N–H and O–H groups in total. The van der Waals surface area contributed by atoms with Crippen molar-refractivity contribution in [2.75, 3.05) is 5.73 Å². The van der Waals surface area contributed by atoms with Gasteiger partial charge in [-0.1, -0.05) is 126 Å². The van der Waals surface area contributed by atoms with E-state index >= 15 is 0 Å². The number of halogens is 3. The highest BCUT2D eigenvalue weighted by molar-refractivity contribution is 6.42. The van der Waals surface area contributed by atoms with Crippen molar-refractivity contribution in [3.8, 4) is 0 Å². The molecule has 0 amide bonds. The number of nitrogens with zero attached hydrogens (tertiary/aromatic N) is 2. The van der Waals surface area contributed by atoms with Gasteiger partial charge in [0.2, 0.25) is 0 Å². The van der Waals surface area contributed by atoms with E-state index < -0.39 is 0 Å². The van der Waals surface area contributed by atoms with E-state index in [-0.39, 0.29) is 29.3 Å². The molecule has 0 bridgehead atoms. The van der Waals surface area contributed by atoms with Crippen LogP contribution in [0.3, 0.4) is 0 Å². The van der Waals surface area contributed by atoms with Crippen molar-refractivity contribution in [3.63, 3.8) is 0 Å². The van der Waals surface area contributed by atoms with Crippen LogP contribution in [0.15, 0.2) is 42.5 Å². The number of aromatic nitrogens is 2. The first-order chi connectivity index (χ1) is 18.0. The van der Waals surface area contributed by atoms with Gasteiger partial charge in [0.15, 0.2) is 5.78 Å². The standard InChI is InChI=1S/C31H43Cl2N3O.BrH/c1-2-3-4-5-6-7-8-9-10-11-12-13-14-17-22-35-28-18-15-16-19-29(28)36(31(35)34)24-30(37)25-20-21-26(32)27(33)23-25;/h15-16,18-21,23,34H,2-14,17,22,24H2,1H3;1H. The van der Waals surface area contributed by atoms with Gasteiger partial charge < -0.3 is 17.0 Å². The van der Waals surface area contributed by atoms with Crippen LogP contribution in [0.5, 0.6) is 0 Å². The zero-order valence-electron chi connectivity index (χ0n) is 22.9. The maximum atomic E-state index is 13.0. The number of rotatable bonds is 18. The molecule has 0 saturated heterocycles. The lowest BCUT2D eigenvalue weighted by Crippen LogP contribution is -3.00. The number of carbonyl (C=O) groups excluding carboxylic acids is 1. The quantitative estimate of drug-likeness (QED) is 0.104. The van der Waals surface area contributed by atoms with E-state index in [1.165, 1.54) is 83.5 Å². The molecule has 3 aromatic rings. The molecule has 3 rings (SSSR count). The number of Topliss-reactive ketones (excluding diaryl/α,β-unsaturated/α-hetero) is 1. The van der Waals surface area contributed by atoms with Gasteiger partial charge in [0.25, 0.3) is 0 Å². The summed E-state index contributed by atoms with van der Waals surface area (Å²) in [6.07, 6.45) is 18.8. The number of nitrogens with two attached hydrogens (primary N) is 1. The van der Waals surface area contributed by atoms with E-state index in [0.717, 1.165) is 24.0 Å². The fourth-order valence-corrected chi connectivity index (χ4v) is 5.38. The van der Waals surface area contributed by atoms with Gasteiger partial charge in [-0.25, -0.2) is 9.13 Å². The number of nitrogen functional groups attached to an aromatic ring is 1. The van der Waals surface area contributed by atoms with E-state index in [1.54, 1.807) is 18.2 Å². The summed E-state index contributed by atoms with van der Waals surface area (Å²) in [7, 11) is 0. The number of hydrogen-bond acceptors (Lipinski definition) is 2. The molecule has 1 heterocycles. The fraction of sp³-hybridized carbons (Fsp3) is 0.548. The highest BCUT2D eigenvalue weighted by atomic mass is 79.9. The summed E-state index contributed by atoms with van der Waals surface area (Å²) in [5.74, 6) is 0.568. The van der Waals surface area contributed by atoms with E-state index in [9.17, 15) is 4.79 Å². The number of aryl methyl sites for hydroxylation is 1. The van der Waals surface area contributed by atoms with E-state index in [2.05, 4.69) is 17.6 Å². The molecule has 0 aliphatic heterocycles. The Balaban J connectivity index is 0.00000507. The van der Waals surface area contributed by atoms with Crippen molar-refractivity contribution in [3.05, 3.63) is 58.1 Å². The second kappa shape index (κ2) is 17.9. The van der Waals surface area contributed by atoms with Crippen LogP contribution in [0.4, 0.5) is 5.95 Å². The molecule has 0 fully saturated rings. The minimum atomic E-state index is -0.0466. The van der Waals surface area contributed by atoms with Crippen molar-refractivity contribution >= 4 is 46.0 Å². The van der Waals surface area contributed by atoms with Crippen LogP contribution in [-0.4, -0.2) is 10.4 Å². The molecule has 0 spiro atoms. The SMILES string of the molecule is CCCCCCCCCCCCCCCCn1c(N)[n+](CC(=O)c2ccc(Cl)c(Cl)c2)c2ccccc21.[Br-]. The predicted octanol–water partition coefficient (Wildman–Crippen LogP) is 6.19. The van der Waals surface area contributed by atoms with Crippen LogP contribution in [0, 0.1) is 0 Å². The number of benzene rings is 2. The smallest absolute Gasteiger partial charge is 0.356 e. The van der Waals surface area contributed by atoms with Crippen LogP contribution < -0.4 is 27.3 Å². The number of unbranched alkanes of at least 4 members (excludes halogenated alkanes) is 13. The van der Waals surface area contributed by atoms with E-state index in [0.29, 0.717) is 21.6 Å². The summed E-state index contributed by atoms with van der Waals surface area (Å²) >= 11 is 12.1. The molecule has 0 saturated carbocycles. The molecule has 0 aliphatic rings. The Labute approximate surface area is 249 Å². The number of imidazole rings is 1. The summed E-state index contributed by atoms with van der Waals surface area (Å²) in [4.78, 5) is 13.0. The molecule has 7 heteroatoms. The van der Waals surface area contributed by atoms with Gasteiger partial charge >= 0.3 is 5.95 Å². The van der Waals surface area contributed by atoms with E-state index in [4.69, 9.17) is 28.9 Å². The maximum absolute atomic E-state index is 13.0. The summed E-state index contributed by atoms with van der Waals surface area (Å²) in [6.45, 7) is 3.30. The number of hydrogen-bond donors (Lipinski definition) is 1. The average molecular weight is 626 g/mol. The molecule has 0 unspecified atom stereocenters. The lowest BCUT2D eigenvalue weighted by atomic mass is 10.0. The minimum Gasteiger partial charge on any atom is -1.00 e. The zero-order chi connectivity index (χ0) is 26.5. The Bertz CT molecular complexity index is 1130. The molecule has 1 aromatic heterocycles. The Kier molecular flexibility index (Phi) is 15.4. The molecule has 0 radical (unpaired) electrons. The Morgan fingerprint density at radius 3 is 1.92 bits per heavy atom. The number of para-hydroxylation sites is 2. The monoisotopic (exact) mass is 623 g/mol. The van der Waals surface area contributed by atoms with Crippen molar-refractivity contribution < 1.29 is 26.3 Å². The maximum Gasteiger partial charge on any atom is 0.356 e. The van der Waals surface area contributed by atoms with Gasteiger partial charge in [-0.3, -0.25) is 10.5 Å². The normalized spacial score (nSPS) is 11.1. The topological polar surface area (TPSA) is 51.9 Å². The Morgan fingerprint density at radius 1 is 0.789 bits per heavy atom. The highest BCUT2D eigenvalue weighted by Crippen LogP contribution is 2.23. The minimum absolute atomic E-state index is 0. The molecule has 38 heavy (non-hydrogen) atoms. The molecule has 0 aliphatic carbocycles. The number of fused-ring (bicyclic) bond motifs is 1. The molecule has 2 aromatic carbocycles. The van der Waals surface area contributed by atoms with Gasteiger partial charge in [0, 0.05) is 5.56 Å². The van der Waals surface area contributed by atoms with Gasteiger partial charge in [0.1, 0.15) is 17.6 Å². The first kappa shape index (κ1) is 32.7. The second-order valence-corrected chi connectivity index (χ2v) is 11.0. The van der Waals surface area contributed by atoms with Crippen LogP contribution >= 0.6 is 23.2 Å². The Hall–Kier alpha value is -1.56. The first-order valence-electron chi connectivity index (χ1n) is 14.3. The molecular formula is C31H44BrCl2N3O. The lowest BCUT2D eigenvalue weighted by molar-refractivity contribution is -0.642. The lowest BCUT2D eigenvalue weighted by Gasteiger charge is -2.05. The average Bonchev–Trinajstić information content (AvgIpc) is 3.16. The largest absolute Gasteiger partial charge is 1.00 e. The summed E-state index contributed by atoms with van der Waals surface area (Å²) in [5.41, 5.74) is 9.15. The highest BCUT2D eigenvalue weighted by Gasteiger charge is 2.23. The van der Waals surface area contributed by atoms with Crippen molar-refractivity contribution in [1.29, 1.82) is 0 Å². The third-order valence-electron chi connectivity index (χ3n) is 7.29. The number of carbonyl (C=O) groups is 1. The van der Waals surface area contributed by atoms with E-state index in [1.807, 2.05) is 22.8 Å². The van der Waals surface area contributed by atoms with Gasteiger partial charge in [0.05, 0.1) is 16.6 Å². The van der Waals surface area contributed by atoms with Crippen LogP contribution in [0.1, 0.15) is 107 Å².